The topological polar surface area (TPSA) is 46.5 Å². The van der Waals surface area contributed by atoms with Crippen molar-refractivity contribution in [2.75, 3.05) is 0 Å². The van der Waals surface area contributed by atoms with Crippen molar-refractivity contribution in [3.05, 3.63) is 89.2 Å². The lowest BCUT2D eigenvalue weighted by Gasteiger charge is -2.38. The molecule has 0 fully saturated rings. The SMILES string of the molecule is CCCC1(c2ccccc2)CC(O)=C(C(=CC[Si](C)(C)C)c2ccccc2)C(=O)O1. The smallest absolute Gasteiger partial charge is 0.343 e. The molecule has 3 rings (SSSR count). The molecule has 158 valence electrons. The first-order chi connectivity index (χ1) is 14.3. The number of rotatable bonds is 7. The van der Waals surface area contributed by atoms with Crippen LogP contribution in [-0.4, -0.2) is 19.1 Å². The second-order valence-electron chi connectivity index (χ2n) is 9.25. The molecule has 1 unspecified atom stereocenters. The van der Waals surface area contributed by atoms with Gasteiger partial charge >= 0.3 is 5.97 Å². The van der Waals surface area contributed by atoms with Gasteiger partial charge in [0, 0.05) is 8.07 Å². The molecule has 0 aliphatic carbocycles. The molecule has 0 spiro atoms. The summed E-state index contributed by atoms with van der Waals surface area (Å²) in [5.41, 5.74) is 2.12. The van der Waals surface area contributed by atoms with Crippen LogP contribution >= 0.6 is 0 Å². The van der Waals surface area contributed by atoms with Gasteiger partial charge in [-0.25, -0.2) is 4.79 Å². The van der Waals surface area contributed by atoms with Gasteiger partial charge in [-0.15, -0.1) is 0 Å². The molecule has 1 aliphatic rings. The summed E-state index contributed by atoms with van der Waals surface area (Å²) in [6.07, 6.45) is 3.92. The lowest BCUT2D eigenvalue weighted by atomic mass is 9.81. The molecule has 1 heterocycles. The zero-order valence-electron chi connectivity index (χ0n) is 18.4. The number of carbonyl (C=O) groups is 1. The highest BCUT2D eigenvalue weighted by Gasteiger charge is 2.43. The fourth-order valence-corrected chi connectivity index (χ4v) is 4.80. The van der Waals surface area contributed by atoms with Gasteiger partial charge in [-0.2, -0.15) is 0 Å². The Hall–Kier alpha value is -2.59. The fourth-order valence-electron chi connectivity index (χ4n) is 3.99. The highest BCUT2D eigenvalue weighted by molar-refractivity contribution is 6.76. The normalized spacial score (nSPS) is 20.3. The van der Waals surface area contributed by atoms with Crippen molar-refractivity contribution in [3.63, 3.8) is 0 Å². The molecule has 1 atom stereocenters. The fraction of sp³-hybridized carbons (Fsp3) is 0.346. The highest BCUT2D eigenvalue weighted by Crippen LogP contribution is 2.44. The van der Waals surface area contributed by atoms with Gasteiger partial charge in [0.05, 0.1) is 6.42 Å². The molecule has 3 nitrogen and oxygen atoms in total. The van der Waals surface area contributed by atoms with E-state index in [4.69, 9.17) is 4.74 Å². The van der Waals surface area contributed by atoms with Gasteiger partial charge in [0.15, 0.2) is 0 Å². The molecule has 4 heteroatoms. The minimum atomic E-state index is -1.39. The lowest BCUT2D eigenvalue weighted by Crippen LogP contribution is -2.38. The summed E-state index contributed by atoms with van der Waals surface area (Å²) in [4.78, 5) is 13.3. The van der Waals surface area contributed by atoms with E-state index in [1.54, 1.807) is 0 Å². The van der Waals surface area contributed by atoms with Crippen molar-refractivity contribution in [1.29, 1.82) is 0 Å². The van der Waals surface area contributed by atoms with Crippen molar-refractivity contribution in [3.8, 4) is 0 Å². The predicted octanol–water partition coefficient (Wildman–Crippen LogP) is 6.86. The number of ether oxygens (including phenoxy) is 1. The lowest BCUT2D eigenvalue weighted by molar-refractivity contribution is -0.160. The third kappa shape index (κ3) is 4.93. The molecule has 1 N–H and O–H groups in total. The molecular formula is C26H32O3Si. The number of hydrogen-bond acceptors (Lipinski definition) is 3. The molecule has 0 saturated carbocycles. The molecule has 30 heavy (non-hydrogen) atoms. The zero-order chi connectivity index (χ0) is 21.8. The van der Waals surface area contributed by atoms with E-state index in [2.05, 4.69) is 32.6 Å². The minimum Gasteiger partial charge on any atom is -0.511 e. The molecule has 1 aliphatic heterocycles. The molecule has 0 aromatic heterocycles. The number of hydrogen-bond donors (Lipinski definition) is 1. The molecule has 2 aromatic carbocycles. The van der Waals surface area contributed by atoms with Crippen molar-refractivity contribution >= 4 is 19.6 Å². The number of aliphatic hydroxyl groups excluding tert-OH is 1. The summed E-state index contributed by atoms with van der Waals surface area (Å²) >= 11 is 0. The van der Waals surface area contributed by atoms with Crippen LogP contribution in [0.3, 0.4) is 0 Å². The summed E-state index contributed by atoms with van der Waals surface area (Å²) in [6.45, 7) is 8.95. The van der Waals surface area contributed by atoms with Crippen LogP contribution in [0.2, 0.25) is 25.7 Å². The Bertz CT molecular complexity index is 939. The second-order valence-corrected chi connectivity index (χ2v) is 14.8. The van der Waals surface area contributed by atoms with E-state index in [1.165, 1.54) is 0 Å². The largest absolute Gasteiger partial charge is 0.511 e. The van der Waals surface area contributed by atoms with Gasteiger partial charge in [-0.05, 0) is 29.2 Å². The van der Waals surface area contributed by atoms with Crippen molar-refractivity contribution in [2.24, 2.45) is 0 Å². The first kappa shape index (κ1) is 22.1. The number of carbonyl (C=O) groups excluding carboxylic acids is 1. The van der Waals surface area contributed by atoms with E-state index < -0.39 is 19.6 Å². The van der Waals surface area contributed by atoms with Crippen molar-refractivity contribution in [2.45, 2.75) is 57.5 Å². The summed E-state index contributed by atoms with van der Waals surface area (Å²) in [5, 5.41) is 11.2. The van der Waals surface area contributed by atoms with Crippen LogP contribution in [0.5, 0.6) is 0 Å². The Morgan fingerprint density at radius 1 is 1.07 bits per heavy atom. The number of aliphatic hydroxyl groups is 1. The van der Waals surface area contributed by atoms with Crippen LogP contribution in [0, 0.1) is 0 Å². The second kappa shape index (κ2) is 9.05. The average Bonchev–Trinajstić information content (AvgIpc) is 2.71. The van der Waals surface area contributed by atoms with E-state index in [1.807, 2.05) is 60.7 Å². The monoisotopic (exact) mass is 420 g/mol. The van der Waals surface area contributed by atoms with Gasteiger partial charge in [0.2, 0.25) is 0 Å². The molecule has 2 aromatic rings. The van der Waals surface area contributed by atoms with Gasteiger partial charge in [0.25, 0.3) is 0 Å². The minimum absolute atomic E-state index is 0.120. The Morgan fingerprint density at radius 3 is 2.20 bits per heavy atom. The maximum absolute atomic E-state index is 13.3. The Morgan fingerprint density at radius 2 is 1.67 bits per heavy atom. The third-order valence-electron chi connectivity index (χ3n) is 5.46. The van der Waals surface area contributed by atoms with Crippen LogP contribution in [0.4, 0.5) is 0 Å². The highest BCUT2D eigenvalue weighted by atomic mass is 28.3. The van der Waals surface area contributed by atoms with E-state index >= 15 is 0 Å². The molecule has 0 bridgehead atoms. The first-order valence-corrected chi connectivity index (χ1v) is 14.4. The standard InChI is InChI=1S/C26H32O3Si/c1-5-17-26(21-14-10-7-11-15-21)19-23(27)24(25(28)29-26)22(16-18-30(2,3)4)20-12-8-6-9-13-20/h6-16,27H,5,17-19H2,1-4H3. The average molecular weight is 421 g/mol. The molecule has 0 saturated heterocycles. The molecular weight excluding hydrogens is 388 g/mol. The van der Waals surface area contributed by atoms with Crippen molar-refractivity contribution in [1.82, 2.24) is 0 Å². The third-order valence-corrected chi connectivity index (χ3v) is 6.89. The van der Waals surface area contributed by atoms with E-state index in [-0.39, 0.29) is 5.76 Å². The maximum atomic E-state index is 13.3. The van der Waals surface area contributed by atoms with Gasteiger partial charge < -0.3 is 9.84 Å². The number of allylic oxidation sites excluding steroid dienone is 1. The van der Waals surface area contributed by atoms with Gasteiger partial charge in [-0.3, -0.25) is 0 Å². The van der Waals surface area contributed by atoms with Crippen LogP contribution < -0.4 is 0 Å². The van der Waals surface area contributed by atoms with Gasteiger partial charge in [0.1, 0.15) is 16.9 Å². The van der Waals surface area contributed by atoms with E-state index in [0.717, 1.165) is 29.2 Å². The number of benzene rings is 2. The van der Waals surface area contributed by atoms with Crippen LogP contribution in [0.25, 0.3) is 5.57 Å². The van der Waals surface area contributed by atoms with Crippen molar-refractivity contribution < 1.29 is 14.6 Å². The molecule has 0 radical (unpaired) electrons. The molecule has 0 amide bonds. The Balaban J connectivity index is 2.09. The number of esters is 1. The van der Waals surface area contributed by atoms with E-state index in [9.17, 15) is 9.90 Å². The van der Waals surface area contributed by atoms with Gasteiger partial charge in [-0.1, -0.05) is 99.7 Å². The summed E-state index contributed by atoms with van der Waals surface area (Å²) in [7, 11) is -1.39. The first-order valence-electron chi connectivity index (χ1n) is 10.7. The Labute approximate surface area is 181 Å². The van der Waals surface area contributed by atoms with Crippen LogP contribution in [0.15, 0.2) is 78.1 Å². The van der Waals surface area contributed by atoms with E-state index in [0.29, 0.717) is 18.4 Å². The quantitative estimate of drug-likeness (QED) is 0.393. The van der Waals surface area contributed by atoms with Crippen LogP contribution in [0.1, 0.15) is 37.3 Å². The predicted molar refractivity (Wildman–Crippen MR) is 126 cm³/mol. The Kier molecular flexibility index (Phi) is 6.66. The summed E-state index contributed by atoms with van der Waals surface area (Å²) in [6, 6.07) is 20.5. The zero-order valence-corrected chi connectivity index (χ0v) is 19.4. The maximum Gasteiger partial charge on any atom is 0.343 e. The van der Waals surface area contributed by atoms with Crippen LogP contribution in [-0.2, 0) is 15.1 Å². The summed E-state index contributed by atoms with van der Waals surface area (Å²) in [5.74, 6) is -0.323. The summed E-state index contributed by atoms with van der Waals surface area (Å²) < 4.78 is 6.13. The number of cyclic esters (lactones) is 1.